The van der Waals surface area contributed by atoms with Gasteiger partial charge in [-0.2, -0.15) is 0 Å². The van der Waals surface area contributed by atoms with Crippen molar-refractivity contribution in [2.24, 2.45) is 0 Å². The van der Waals surface area contributed by atoms with Crippen molar-refractivity contribution in [2.75, 3.05) is 4.90 Å². The summed E-state index contributed by atoms with van der Waals surface area (Å²) in [4.78, 5) is 26.6. The largest absolute Gasteiger partial charge is 0.491 e. The van der Waals surface area contributed by atoms with Crippen LogP contribution in [-0.4, -0.2) is 17.9 Å². The zero-order valence-corrected chi connectivity index (χ0v) is 15.9. The summed E-state index contributed by atoms with van der Waals surface area (Å²) in [6.07, 6.45) is 0.0543. The van der Waals surface area contributed by atoms with E-state index in [0.717, 1.165) is 16.0 Å². The number of halogens is 1. The molecule has 0 atom stereocenters. The van der Waals surface area contributed by atoms with Crippen LogP contribution in [0.5, 0.6) is 5.75 Å². The molecule has 0 spiro atoms. The minimum Gasteiger partial charge on any atom is -0.491 e. The lowest BCUT2D eigenvalue weighted by atomic mass is 10.1. The van der Waals surface area contributed by atoms with E-state index in [1.165, 1.54) is 0 Å². The Morgan fingerprint density at radius 1 is 0.923 bits per heavy atom. The fourth-order valence-electron chi connectivity index (χ4n) is 2.82. The summed E-state index contributed by atoms with van der Waals surface area (Å²) in [5.41, 5.74) is 3.42. The van der Waals surface area contributed by atoms with Crippen LogP contribution >= 0.6 is 11.6 Å². The summed E-state index contributed by atoms with van der Waals surface area (Å²) < 4.78 is 5.61. The van der Waals surface area contributed by atoms with Crippen LogP contribution in [0.2, 0.25) is 0 Å². The Morgan fingerprint density at radius 2 is 1.58 bits per heavy atom. The fraction of sp³-hybridized carbons (Fsp3) is 0.238. The summed E-state index contributed by atoms with van der Waals surface area (Å²) in [6.45, 7) is 7.79. The second kappa shape index (κ2) is 6.96. The maximum atomic E-state index is 12.9. The van der Waals surface area contributed by atoms with Crippen molar-refractivity contribution >= 4 is 34.7 Å². The monoisotopic (exact) mass is 369 g/mol. The molecule has 1 aliphatic rings. The Morgan fingerprint density at radius 3 is 2.15 bits per heavy atom. The van der Waals surface area contributed by atoms with Crippen LogP contribution in [0.3, 0.4) is 0 Å². The van der Waals surface area contributed by atoms with Crippen LogP contribution in [0.25, 0.3) is 5.57 Å². The summed E-state index contributed by atoms with van der Waals surface area (Å²) >= 11 is 6.23. The standard InChI is InChI=1S/C21H20ClNO3/c1-12(2)26-17-9-6-15(7-10-17)18-19(22)21(25)23(20(18)24)16-8-5-13(3)14(4)11-16/h5-12H,1-4H3. The maximum Gasteiger partial charge on any atom is 0.277 e. The van der Waals surface area contributed by atoms with Gasteiger partial charge in [-0.05, 0) is 68.7 Å². The number of amides is 2. The average molecular weight is 370 g/mol. The van der Waals surface area contributed by atoms with Gasteiger partial charge in [0.25, 0.3) is 11.8 Å². The molecule has 3 rings (SSSR count). The van der Waals surface area contributed by atoms with Gasteiger partial charge in [-0.25, -0.2) is 4.90 Å². The summed E-state index contributed by atoms with van der Waals surface area (Å²) in [6, 6.07) is 12.5. The molecule has 5 heteroatoms. The molecule has 2 aromatic rings. The molecule has 0 saturated carbocycles. The quantitative estimate of drug-likeness (QED) is 0.739. The lowest BCUT2D eigenvalue weighted by molar-refractivity contribution is -0.119. The molecular formula is C21H20ClNO3. The van der Waals surface area contributed by atoms with Crippen molar-refractivity contribution in [2.45, 2.75) is 33.8 Å². The van der Waals surface area contributed by atoms with Crippen molar-refractivity contribution in [3.63, 3.8) is 0 Å². The number of rotatable bonds is 4. The number of imide groups is 1. The first-order chi connectivity index (χ1) is 12.3. The number of hydrogen-bond donors (Lipinski definition) is 0. The van der Waals surface area contributed by atoms with Crippen molar-refractivity contribution in [3.8, 4) is 5.75 Å². The first-order valence-corrected chi connectivity index (χ1v) is 8.80. The van der Waals surface area contributed by atoms with Crippen LogP contribution < -0.4 is 9.64 Å². The molecule has 1 heterocycles. The van der Waals surface area contributed by atoms with Crippen molar-refractivity contribution < 1.29 is 14.3 Å². The number of carbonyl (C=O) groups excluding carboxylic acids is 2. The van der Waals surface area contributed by atoms with E-state index in [0.29, 0.717) is 17.0 Å². The predicted octanol–water partition coefficient (Wildman–Crippen LogP) is 4.61. The molecule has 0 bridgehead atoms. The number of nitrogens with zero attached hydrogens (tertiary/aromatic N) is 1. The third-order valence-electron chi connectivity index (χ3n) is 4.29. The van der Waals surface area contributed by atoms with Gasteiger partial charge in [0, 0.05) is 0 Å². The van der Waals surface area contributed by atoms with E-state index in [2.05, 4.69) is 0 Å². The van der Waals surface area contributed by atoms with Crippen LogP contribution in [0.15, 0.2) is 47.5 Å². The van der Waals surface area contributed by atoms with Gasteiger partial charge in [0.1, 0.15) is 10.8 Å². The highest BCUT2D eigenvalue weighted by atomic mass is 35.5. The molecule has 4 nitrogen and oxygen atoms in total. The Bertz CT molecular complexity index is 913. The molecular weight excluding hydrogens is 350 g/mol. The zero-order chi connectivity index (χ0) is 19.0. The zero-order valence-electron chi connectivity index (χ0n) is 15.2. The topological polar surface area (TPSA) is 46.6 Å². The van der Waals surface area contributed by atoms with Gasteiger partial charge in [0.15, 0.2) is 0 Å². The normalized spacial score (nSPS) is 14.6. The highest BCUT2D eigenvalue weighted by Crippen LogP contribution is 2.35. The fourth-order valence-corrected chi connectivity index (χ4v) is 3.10. The second-order valence-corrected chi connectivity index (χ2v) is 6.97. The van der Waals surface area contributed by atoms with Gasteiger partial charge in [0.2, 0.25) is 0 Å². The third kappa shape index (κ3) is 3.25. The second-order valence-electron chi connectivity index (χ2n) is 6.59. The number of ether oxygens (including phenoxy) is 1. The minimum absolute atomic E-state index is 0.0543. The molecule has 0 unspecified atom stereocenters. The third-order valence-corrected chi connectivity index (χ3v) is 4.64. The number of carbonyl (C=O) groups is 2. The van der Waals surface area contributed by atoms with Crippen molar-refractivity contribution in [1.82, 2.24) is 0 Å². The van der Waals surface area contributed by atoms with Crippen LogP contribution in [0.1, 0.15) is 30.5 Å². The van der Waals surface area contributed by atoms with Gasteiger partial charge in [0.05, 0.1) is 17.4 Å². The number of hydrogen-bond acceptors (Lipinski definition) is 3. The van der Waals surface area contributed by atoms with Crippen molar-refractivity contribution in [3.05, 3.63) is 64.2 Å². The molecule has 0 fully saturated rings. The first-order valence-electron chi connectivity index (χ1n) is 8.42. The van der Waals surface area contributed by atoms with E-state index in [-0.39, 0.29) is 16.7 Å². The van der Waals surface area contributed by atoms with Gasteiger partial charge in [-0.15, -0.1) is 0 Å². The van der Waals surface area contributed by atoms with Gasteiger partial charge in [-0.1, -0.05) is 29.8 Å². The van der Waals surface area contributed by atoms with Crippen LogP contribution in [-0.2, 0) is 9.59 Å². The van der Waals surface area contributed by atoms with Gasteiger partial charge in [-0.3, -0.25) is 9.59 Å². The summed E-state index contributed by atoms with van der Waals surface area (Å²) in [5, 5.41) is -0.0641. The maximum absolute atomic E-state index is 12.9. The lowest BCUT2D eigenvalue weighted by Crippen LogP contribution is -2.31. The Balaban J connectivity index is 1.95. The van der Waals surface area contributed by atoms with E-state index in [9.17, 15) is 9.59 Å². The average Bonchev–Trinajstić information content (AvgIpc) is 2.80. The Hall–Kier alpha value is -2.59. The molecule has 26 heavy (non-hydrogen) atoms. The summed E-state index contributed by atoms with van der Waals surface area (Å²) in [7, 11) is 0. The van der Waals surface area contributed by atoms with Crippen LogP contribution in [0.4, 0.5) is 5.69 Å². The van der Waals surface area contributed by atoms with E-state index >= 15 is 0 Å². The van der Waals surface area contributed by atoms with E-state index in [4.69, 9.17) is 16.3 Å². The lowest BCUT2D eigenvalue weighted by Gasteiger charge is -2.16. The van der Waals surface area contributed by atoms with Crippen LogP contribution in [0, 0.1) is 13.8 Å². The van der Waals surface area contributed by atoms with E-state index in [1.54, 1.807) is 30.3 Å². The minimum atomic E-state index is -0.502. The molecule has 0 aliphatic carbocycles. The molecule has 2 amide bonds. The van der Waals surface area contributed by atoms with Gasteiger partial charge >= 0.3 is 0 Å². The molecule has 2 aromatic carbocycles. The molecule has 1 aliphatic heterocycles. The predicted molar refractivity (Wildman–Crippen MR) is 103 cm³/mol. The Labute approximate surface area is 158 Å². The smallest absolute Gasteiger partial charge is 0.277 e. The molecule has 0 aromatic heterocycles. The van der Waals surface area contributed by atoms with Gasteiger partial charge < -0.3 is 4.74 Å². The number of anilines is 1. The molecule has 134 valence electrons. The molecule has 0 radical (unpaired) electrons. The highest BCUT2D eigenvalue weighted by Gasteiger charge is 2.39. The SMILES string of the molecule is Cc1ccc(N2C(=O)C(Cl)=C(c3ccc(OC(C)C)cc3)C2=O)cc1C. The summed E-state index contributed by atoms with van der Waals surface area (Å²) in [5.74, 6) is -0.221. The van der Waals surface area contributed by atoms with E-state index < -0.39 is 11.8 Å². The van der Waals surface area contributed by atoms with Crippen molar-refractivity contribution in [1.29, 1.82) is 0 Å². The Kier molecular flexibility index (Phi) is 4.88. The first kappa shape index (κ1) is 18.2. The number of aryl methyl sites for hydroxylation is 2. The molecule has 0 saturated heterocycles. The van der Waals surface area contributed by atoms with E-state index in [1.807, 2.05) is 39.8 Å². The highest BCUT2D eigenvalue weighted by molar-refractivity contribution is 6.60. The molecule has 0 N–H and O–H groups in total. The number of benzene rings is 2.